The summed E-state index contributed by atoms with van der Waals surface area (Å²) in [5.41, 5.74) is 0.561. The molecule has 0 bridgehead atoms. The summed E-state index contributed by atoms with van der Waals surface area (Å²) in [5, 5.41) is 18.0. The summed E-state index contributed by atoms with van der Waals surface area (Å²) < 4.78 is 26.2. The molecule has 1 aliphatic rings. The fourth-order valence-electron chi connectivity index (χ4n) is 3.49. The van der Waals surface area contributed by atoms with Crippen LogP contribution in [0.25, 0.3) is 0 Å². The number of carboxylic acid groups (broad SMARTS) is 1. The zero-order chi connectivity index (χ0) is 19.1. The van der Waals surface area contributed by atoms with E-state index in [1.807, 2.05) is 26.0 Å². The number of benzene rings is 2. The lowest BCUT2D eigenvalue weighted by Crippen LogP contribution is -2.22. The van der Waals surface area contributed by atoms with Crippen molar-refractivity contribution in [2.45, 2.75) is 36.3 Å². The molecular formula is C20H19NO4S. The van der Waals surface area contributed by atoms with Gasteiger partial charge in [-0.3, -0.25) is 4.79 Å². The third-order valence-corrected chi connectivity index (χ3v) is 7.34. The van der Waals surface area contributed by atoms with Crippen LogP contribution in [0.1, 0.15) is 29.5 Å². The second-order valence-electron chi connectivity index (χ2n) is 6.64. The number of nitrogens with zero attached hydrogens (tertiary/aromatic N) is 1. The van der Waals surface area contributed by atoms with Crippen molar-refractivity contribution < 1.29 is 18.3 Å². The van der Waals surface area contributed by atoms with Crippen LogP contribution in [0.2, 0.25) is 0 Å². The molecule has 0 radical (unpaired) electrons. The minimum atomic E-state index is -3.96. The molecule has 3 rings (SSSR count). The van der Waals surface area contributed by atoms with E-state index in [0.717, 1.165) is 17.5 Å². The number of hydrogen-bond donors (Lipinski definition) is 1. The van der Waals surface area contributed by atoms with Crippen molar-refractivity contribution in [1.82, 2.24) is 0 Å². The van der Waals surface area contributed by atoms with Gasteiger partial charge >= 0.3 is 5.97 Å². The van der Waals surface area contributed by atoms with Crippen LogP contribution in [-0.2, 0) is 21.1 Å². The molecule has 1 fully saturated rings. The molecule has 134 valence electrons. The largest absolute Gasteiger partial charge is 0.480 e. The Morgan fingerprint density at radius 2 is 1.73 bits per heavy atom. The van der Waals surface area contributed by atoms with Crippen LogP contribution >= 0.6 is 0 Å². The van der Waals surface area contributed by atoms with Crippen molar-refractivity contribution in [3.8, 4) is 6.07 Å². The maximum atomic E-state index is 13.1. The van der Waals surface area contributed by atoms with Crippen molar-refractivity contribution in [3.63, 3.8) is 0 Å². The van der Waals surface area contributed by atoms with E-state index in [0.29, 0.717) is 5.56 Å². The normalized spacial score (nSPS) is 24.7. The Morgan fingerprint density at radius 1 is 1.15 bits per heavy atom. The van der Waals surface area contributed by atoms with Gasteiger partial charge in [0.25, 0.3) is 0 Å². The van der Waals surface area contributed by atoms with Crippen LogP contribution in [0.5, 0.6) is 0 Å². The molecule has 0 heterocycles. The van der Waals surface area contributed by atoms with Crippen molar-refractivity contribution >= 4 is 15.8 Å². The predicted octanol–water partition coefficient (Wildman–Crippen LogP) is 3.09. The van der Waals surface area contributed by atoms with E-state index in [4.69, 9.17) is 0 Å². The van der Waals surface area contributed by atoms with Gasteiger partial charge in [-0.1, -0.05) is 48.9 Å². The van der Waals surface area contributed by atoms with Gasteiger partial charge in [-0.25, -0.2) is 8.42 Å². The topological polar surface area (TPSA) is 95.2 Å². The lowest BCUT2D eigenvalue weighted by atomic mass is 9.99. The average Bonchev–Trinajstić information content (AvgIpc) is 3.34. The van der Waals surface area contributed by atoms with Gasteiger partial charge < -0.3 is 5.11 Å². The standard InChI is InChI=1S/C20H19NO4S/c1-3-14-6-8-15(9-7-14)17-18(20(17,12-21)19(22)23)26(24,25)16-10-4-13(2)5-11-16/h4-11,17-18H,3H2,1-2H3,(H,22,23)/t17-,18-,20-/m1/s1. The third-order valence-electron chi connectivity index (χ3n) is 5.10. The molecule has 2 aromatic rings. The Morgan fingerprint density at radius 3 is 2.19 bits per heavy atom. The van der Waals surface area contributed by atoms with Crippen molar-refractivity contribution in [2.24, 2.45) is 5.41 Å². The van der Waals surface area contributed by atoms with Gasteiger partial charge in [0.05, 0.1) is 11.0 Å². The zero-order valence-electron chi connectivity index (χ0n) is 14.5. The Bertz CT molecular complexity index is 988. The molecule has 3 atom stereocenters. The molecule has 0 unspecified atom stereocenters. The zero-order valence-corrected chi connectivity index (χ0v) is 15.3. The summed E-state index contributed by atoms with van der Waals surface area (Å²) in [6.45, 7) is 3.83. The molecule has 1 aliphatic carbocycles. The molecule has 0 aromatic heterocycles. The predicted molar refractivity (Wildman–Crippen MR) is 96.4 cm³/mol. The van der Waals surface area contributed by atoms with Gasteiger partial charge in [-0.05, 0) is 36.6 Å². The van der Waals surface area contributed by atoms with E-state index < -0.39 is 32.4 Å². The smallest absolute Gasteiger partial charge is 0.326 e. The Labute approximate surface area is 152 Å². The van der Waals surface area contributed by atoms with Gasteiger partial charge in [0.2, 0.25) is 0 Å². The number of aryl methyl sites for hydroxylation is 2. The first-order valence-electron chi connectivity index (χ1n) is 8.33. The quantitative estimate of drug-likeness (QED) is 0.874. The lowest BCUT2D eigenvalue weighted by molar-refractivity contribution is -0.141. The van der Waals surface area contributed by atoms with Crippen LogP contribution in [0.3, 0.4) is 0 Å². The average molecular weight is 369 g/mol. The summed E-state index contributed by atoms with van der Waals surface area (Å²) in [4.78, 5) is 11.9. The molecule has 5 nitrogen and oxygen atoms in total. The number of sulfone groups is 1. The summed E-state index contributed by atoms with van der Waals surface area (Å²) >= 11 is 0. The van der Waals surface area contributed by atoms with Crippen molar-refractivity contribution in [1.29, 1.82) is 5.26 Å². The summed E-state index contributed by atoms with van der Waals surface area (Å²) in [6, 6.07) is 15.2. The van der Waals surface area contributed by atoms with Crippen LogP contribution in [-0.4, -0.2) is 24.7 Å². The summed E-state index contributed by atoms with van der Waals surface area (Å²) in [6.07, 6.45) is 0.818. The Hall–Kier alpha value is -2.65. The van der Waals surface area contributed by atoms with Crippen molar-refractivity contribution in [3.05, 3.63) is 65.2 Å². The van der Waals surface area contributed by atoms with Gasteiger partial charge in [0.15, 0.2) is 15.3 Å². The Balaban J connectivity index is 2.10. The minimum absolute atomic E-state index is 0.0432. The highest BCUT2D eigenvalue weighted by Gasteiger charge is 2.77. The molecule has 0 amide bonds. The monoisotopic (exact) mass is 369 g/mol. The number of rotatable bonds is 5. The van der Waals surface area contributed by atoms with Crippen molar-refractivity contribution in [2.75, 3.05) is 0 Å². The van der Waals surface area contributed by atoms with Gasteiger partial charge in [-0.15, -0.1) is 0 Å². The number of aliphatic carboxylic acids is 1. The van der Waals surface area contributed by atoms with E-state index in [2.05, 4.69) is 0 Å². The molecule has 26 heavy (non-hydrogen) atoms. The van der Waals surface area contributed by atoms with E-state index in [1.165, 1.54) is 12.1 Å². The minimum Gasteiger partial charge on any atom is -0.480 e. The first kappa shape index (κ1) is 18.2. The van der Waals surface area contributed by atoms with Crippen LogP contribution in [0.4, 0.5) is 0 Å². The fourth-order valence-corrected chi connectivity index (χ4v) is 5.74. The SMILES string of the molecule is CCc1ccc([C@@H]2[C@@H](S(=O)(=O)c3ccc(C)cc3)[C@]2(C#N)C(=O)O)cc1. The maximum absolute atomic E-state index is 13.1. The summed E-state index contributed by atoms with van der Waals surface area (Å²) in [7, 11) is -3.96. The van der Waals surface area contributed by atoms with Gasteiger partial charge in [0.1, 0.15) is 5.25 Å². The molecule has 6 heteroatoms. The molecule has 0 spiro atoms. The molecule has 0 saturated heterocycles. The number of carbonyl (C=O) groups is 1. The molecule has 1 saturated carbocycles. The van der Waals surface area contributed by atoms with E-state index in [1.54, 1.807) is 30.3 Å². The highest BCUT2D eigenvalue weighted by molar-refractivity contribution is 7.92. The second kappa shape index (κ2) is 6.26. The van der Waals surface area contributed by atoms with Crippen LogP contribution in [0.15, 0.2) is 53.4 Å². The third kappa shape index (κ3) is 2.60. The first-order chi connectivity index (χ1) is 12.3. The summed E-state index contributed by atoms with van der Waals surface area (Å²) in [5.74, 6) is -2.28. The molecule has 1 N–H and O–H groups in total. The van der Waals surface area contributed by atoms with E-state index in [9.17, 15) is 23.6 Å². The van der Waals surface area contributed by atoms with Gasteiger partial charge in [-0.2, -0.15) is 5.26 Å². The van der Waals surface area contributed by atoms with Crippen LogP contribution in [0, 0.1) is 23.7 Å². The molecule has 0 aliphatic heterocycles. The van der Waals surface area contributed by atoms with E-state index in [-0.39, 0.29) is 4.90 Å². The van der Waals surface area contributed by atoms with Gasteiger partial charge in [0, 0.05) is 5.92 Å². The fraction of sp³-hybridized carbons (Fsp3) is 0.300. The first-order valence-corrected chi connectivity index (χ1v) is 9.87. The second-order valence-corrected chi connectivity index (χ2v) is 8.71. The highest BCUT2D eigenvalue weighted by atomic mass is 32.2. The molecule has 2 aromatic carbocycles. The highest BCUT2D eigenvalue weighted by Crippen LogP contribution is 2.64. The van der Waals surface area contributed by atoms with E-state index >= 15 is 0 Å². The number of hydrogen-bond acceptors (Lipinski definition) is 4. The lowest BCUT2D eigenvalue weighted by Gasteiger charge is -2.05. The Kier molecular flexibility index (Phi) is 4.37. The molecular weight excluding hydrogens is 350 g/mol. The number of nitriles is 1. The maximum Gasteiger partial charge on any atom is 0.326 e. The number of carboxylic acids is 1. The van der Waals surface area contributed by atoms with Crippen LogP contribution < -0.4 is 0 Å².